The molecule has 1 atom stereocenters. The van der Waals surface area contributed by atoms with E-state index >= 15 is 0 Å². The van der Waals surface area contributed by atoms with Crippen LogP contribution in [0.4, 0.5) is 13.2 Å². The number of pyridine rings is 2. The van der Waals surface area contributed by atoms with Gasteiger partial charge in [0.15, 0.2) is 11.7 Å². The Morgan fingerprint density at radius 1 is 1.11 bits per heavy atom. The van der Waals surface area contributed by atoms with Crippen LogP contribution in [0.2, 0.25) is 0 Å². The lowest BCUT2D eigenvalue weighted by Crippen LogP contribution is -2.43. The van der Waals surface area contributed by atoms with Crippen LogP contribution >= 0.6 is 0 Å². The average Bonchev–Trinajstić information content (AvgIpc) is 3.21. The third kappa shape index (κ3) is 5.14. The van der Waals surface area contributed by atoms with Crippen LogP contribution in [-0.4, -0.2) is 70.3 Å². The summed E-state index contributed by atoms with van der Waals surface area (Å²) in [5.74, 6) is -1.81. The van der Waals surface area contributed by atoms with Crippen molar-refractivity contribution in [2.24, 2.45) is 0 Å². The summed E-state index contributed by atoms with van der Waals surface area (Å²) in [5.41, 5.74) is -0.576. The van der Waals surface area contributed by atoms with Crippen LogP contribution in [0.1, 0.15) is 45.7 Å². The van der Waals surface area contributed by atoms with Crippen LogP contribution in [0, 0.1) is 0 Å². The minimum Gasteiger partial charge on any atom is -0.336 e. The average molecular weight is 510 g/mol. The van der Waals surface area contributed by atoms with Crippen LogP contribution in [0.5, 0.6) is 0 Å². The summed E-state index contributed by atoms with van der Waals surface area (Å²) >= 11 is 0. The minimum atomic E-state index is -4.82. The third-order valence-corrected chi connectivity index (χ3v) is 7.56. The Morgan fingerprint density at radius 2 is 1.80 bits per heavy atom. The number of nitrogens with one attached hydrogen (secondary N) is 1. The molecule has 3 aromatic rings. The Hall–Kier alpha value is -3.48. The van der Waals surface area contributed by atoms with Crippen molar-refractivity contribution in [3.05, 3.63) is 66.0 Å². The summed E-state index contributed by atoms with van der Waals surface area (Å²) in [6.45, 7) is 0.353. The van der Waals surface area contributed by atoms with Crippen molar-refractivity contribution >= 4 is 27.2 Å². The van der Waals surface area contributed by atoms with Gasteiger partial charge in [-0.1, -0.05) is 12.1 Å². The van der Waals surface area contributed by atoms with Gasteiger partial charge in [-0.05, 0) is 37.1 Å². The Morgan fingerprint density at radius 3 is 2.40 bits per heavy atom. The number of carbonyl (C=O) groups is 2. The SMILES string of the molecule is CS(=O)(=O)C1CCN(C(=O)c2nc(C(=O)NC(c3ccccn3)C(F)(F)F)c3ccccn23)CC1. The number of fused-ring (bicyclic) bond motifs is 1. The fourth-order valence-electron chi connectivity index (χ4n) is 4.05. The van der Waals surface area contributed by atoms with Gasteiger partial charge in [-0.25, -0.2) is 13.4 Å². The fourth-order valence-corrected chi connectivity index (χ4v) is 5.12. The lowest BCUT2D eigenvalue weighted by Gasteiger charge is -2.30. The highest BCUT2D eigenvalue weighted by Gasteiger charge is 2.43. The first-order chi connectivity index (χ1) is 16.5. The highest BCUT2D eigenvalue weighted by atomic mass is 32.2. The molecule has 4 rings (SSSR count). The van der Waals surface area contributed by atoms with Crippen molar-refractivity contribution in [2.45, 2.75) is 30.3 Å². The summed E-state index contributed by atoms with van der Waals surface area (Å²) in [6.07, 6.45) is -0.466. The first-order valence-electron chi connectivity index (χ1n) is 10.7. The van der Waals surface area contributed by atoms with E-state index < -0.39 is 39.1 Å². The van der Waals surface area contributed by atoms with Crippen molar-refractivity contribution in [1.82, 2.24) is 24.6 Å². The molecular weight excluding hydrogens is 487 g/mol. The molecule has 1 N–H and O–H groups in total. The van der Waals surface area contributed by atoms with Crippen LogP contribution in [-0.2, 0) is 9.84 Å². The summed E-state index contributed by atoms with van der Waals surface area (Å²) in [6, 6.07) is 6.25. The number of amides is 2. The number of imidazole rings is 1. The first-order valence-corrected chi connectivity index (χ1v) is 12.7. The molecule has 2 amide bonds. The molecule has 1 aliphatic heterocycles. The number of sulfone groups is 1. The van der Waals surface area contributed by atoms with Crippen LogP contribution in [0.3, 0.4) is 0 Å². The van der Waals surface area contributed by atoms with Gasteiger partial charge in [-0.15, -0.1) is 0 Å². The van der Waals surface area contributed by atoms with Gasteiger partial charge >= 0.3 is 6.18 Å². The van der Waals surface area contributed by atoms with Gasteiger partial charge in [-0.2, -0.15) is 13.2 Å². The number of alkyl halides is 3. The highest BCUT2D eigenvalue weighted by Crippen LogP contribution is 2.32. The van der Waals surface area contributed by atoms with Crippen molar-refractivity contribution in [1.29, 1.82) is 0 Å². The van der Waals surface area contributed by atoms with Gasteiger partial charge in [0.05, 0.1) is 16.5 Å². The van der Waals surface area contributed by atoms with E-state index in [9.17, 15) is 31.2 Å². The minimum absolute atomic E-state index is 0.148. The van der Waals surface area contributed by atoms with E-state index in [0.29, 0.717) is 0 Å². The maximum Gasteiger partial charge on any atom is 0.414 e. The summed E-state index contributed by atoms with van der Waals surface area (Å²) in [4.78, 5) is 35.4. The van der Waals surface area contributed by atoms with Crippen molar-refractivity contribution in [3.8, 4) is 0 Å². The molecule has 0 aliphatic carbocycles. The van der Waals surface area contributed by atoms with Gasteiger partial charge in [0.1, 0.15) is 9.84 Å². The molecular formula is C22H22F3N5O4S. The Labute approximate surface area is 198 Å². The second-order valence-electron chi connectivity index (χ2n) is 8.26. The number of hydrogen-bond donors (Lipinski definition) is 1. The van der Waals surface area contributed by atoms with Gasteiger partial charge in [0, 0.05) is 31.7 Å². The molecule has 9 nitrogen and oxygen atoms in total. The van der Waals surface area contributed by atoms with Crippen molar-refractivity contribution in [3.63, 3.8) is 0 Å². The number of piperidine rings is 1. The monoisotopic (exact) mass is 509 g/mol. The van der Waals surface area contributed by atoms with E-state index in [1.165, 1.54) is 39.9 Å². The summed E-state index contributed by atoms with van der Waals surface area (Å²) in [5, 5.41) is 1.40. The number of rotatable bonds is 5. The summed E-state index contributed by atoms with van der Waals surface area (Å²) < 4.78 is 66.0. The smallest absolute Gasteiger partial charge is 0.336 e. The molecule has 3 aromatic heterocycles. The Balaban J connectivity index is 1.63. The van der Waals surface area contributed by atoms with Crippen LogP contribution in [0.25, 0.3) is 5.52 Å². The van der Waals surface area contributed by atoms with E-state index in [-0.39, 0.29) is 48.7 Å². The third-order valence-electron chi connectivity index (χ3n) is 5.88. The largest absolute Gasteiger partial charge is 0.414 e. The molecule has 0 saturated carbocycles. The fraction of sp³-hybridized carbons (Fsp3) is 0.364. The number of hydrogen-bond acceptors (Lipinski definition) is 6. The standard InChI is InChI=1S/C22H22F3N5O4S/c1-35(33,34)14-8-12-29(13-9-14)21(32)19-27-17(16-7-3-5-11-30(16)19)20(31)28-18(22(23,24)25)15-6-2-4-10-26-15/h2-7,10-11,14,18H,8-9,12-13H2,1H3,(H,28,31). The molecule has 1 aliphatic rings. The van der Waals surface area contributed by atoms with Gasteiger partial charge in [-0.3, -0.25) is 19.0 Å². The topological polar surface area (TPSA) is 114 Å². The molecule has 1 saturated heterocycles. The van der Waals surface area contributed by atoms with Crippen molar-refractivity contribution in [2.75, 3.05) is 19.3 Å². The number of nitrogens with zero attached hydrogens (tertiary/aromatic N) is 4. The molecule has 35 heavy (non-hydrogen) atoms. The summed E-state index contributed by atoms with van der Waals surface area (Å²) in [7, 11) is -3.24. The molecule has 4 heterocycles. The quantitative estimate of drug-likeness (QED) is 0.565. The molecule has 1 fully saturated rings. The van der Waals surface area contributed by atoms with Gasteiger partial charge < -0.3 is 10.2 Å². The van der Waals surface area contributed by atoms with Gasteiger partial charge in [0.25, 0.3) is 11.8 Å². The predicted octanol–water partition coefficient (Wildman–Crippen LogP) is 2.41. The second kappa shape index (κ2) is 9.29. The number of likely N-dealkylation sites (tertiary alicyclic amines) is 1. The maximum atomic E-state index is 13.7. The van der Waals surface area contributed by atoms with Crippen LogP contribution in [0.15, 0.2) is 48.8 Å². The van der Waals surface area contributed by atoms with E-state index in [4.69, 9.17) is 0 Å². The first kappa shape index (κ1) is 24.6. The zero-order valence-electron chi connectivity index (χ0n) is 18.6. The van der Waals surface area contributed by atoms with Gasteiger partial charge in [0.2, 0.25) is 5.82 Å². The van der Waals surface area contributed by atoms with E-state index in [2.05, 4.69) is 9.97 Å². The normalized spacial score (nSPS) is 16.3. The Kier molecular flexibility index (Phi) is 6.54. The van der Waals surface area contributed by atoms with Crippen molar-refractivity contribution < 1.29 is 31.2 Å². The maximum absolute atomic E-state index is 13.7. The predicted molar refractivity (Wildman–Crippen MR) is 119 cm³/mol. The zero-order chi connectivity index (χ0) is 25.4. The number of halogens is 3. The number of aromatic nitrogens is 3. The molecule has 1 unspecified atom stereocenters. The second-order valence-corrected chi connectivity index (χ2v) is 10.6. The lowest BCUT2D eigenvalue weighted by atomic mass is 10.1. The van der Waals surface area contributed by atoms with E-state index in [1.807, 2.05) is 5.32 Å². The molecule has 0 radical (unpaired) electrons. The van der Waals surface area contributed by atoms with E-state index in [0.717, 1.165) is 12.3 Å². The number of carbonyl (C=O) groups excluding carboxylic acids is 2. The lowest BCUT2D eigenvalue weighted by molar-refractivity contribution is -0.156. The van der Waals surface area contributed by atoms with Crippen LogP contribution < -0.4 is 5.32 Å². The highest BCUT2D eigenvalue weighted by molar-refractivity contribution is 7.91. The zero-order valence-corrected chi connectivity index (χ0v) is 19.4. The molecule has 186 valence electrons. The molecule has 13 heteroatoms. The molecule has 0 aromatic carbocycles. The molecule has 0 bridgehead atoms. The Bertz CT molecular complexity index is 1350. The van der Waals surface area contributed by atoms with E-state index in [1.54, 1.807) is 12.1 Å². The molecule has 0 spiro atoms.